The number of ether oxygens (including phenoxy) is 2. The van der Waals surface area contributed by atoms with Crippen molar-refractivity contribution in [1.82, 2.24) is 4.98 Å². The molecule has 0 aliphatic carbocycles. The lowest BCUT2D eigenvalue weighted by molar-refractivity contribution is 0.0522. The maximum atomic E-state index is 12.5. The monoisotopic (exact) mass is 369 g/mol. The van der Waals surface area contributed by atoms with Gasteiger partial charge in [-0.3, -0.25) is 4.79 Å². The van der Waals surface area contributed by atoms with Crippen LogP contribution < -0.4 is 4.74 Å². The van der Waals surface area contributed by atoms with E-state index in [1.165, 1.54) is 0 Å². The van der Waals surface area contributed by atoms with Crippen molar-refractivity contribution >= 4 is 35.0 Å². The highest BCUT2D eigenvalue weighted by Crippen LogP contribution is 2.31. The molecule has 0 aliphatic rings. The number of benzene rings is 1. The molecule has 1 heterocycles. The van der Waals surface area contributed by atoms with E-state index in [1.807, 2.05) is 0 Å². The summed E-state index contributed by atoms with van der Waals surface area (Å²) in [7, 11) is 0. The number of halogens is 2. The van der Waals surface area contributed by atoms with Gasteiger partial charge in [-0.25, -0.2) is 4.79 Å². The number of esters is 1. The van der Waals surface area contributed by atoms with E-state index >= 15 is 0 Å². The van der Waals surface area contributed by atoms with Crippen molar-refractivity contribution in [2.75, 3.05) is 13.2 Å². The first kappa shape index (κ1) is 18.4. The molecule has 2 aromatic rings. The van der Waals surface area contributed by atoms with Gasteiger partial charge in [-0.1, -0.05) is 29.3 Å². The van der Waals surface area contributed by atoms with Gasteiger partial charge in [0.05, 0.1) is 22.8 Å². The van der Waals surface area contributed by atoms with Gasteiger partial charge in [-0.2, -0.15) is 0 Å². The Balaban J connectivity index is 2.24. The third kappa shape index (κ3) is 3.74. The van der Waals surface area contributed by atoms with Gasteiger partial charge in [0, 0.05) is 11.4 Å². The first-order valence-corrected chi connectivity index (χ1v) is 8.08. The molecule has 0 atom stereocenters. The van der Waals surface area contributed by atoms with E-state index in [2.05, 4.69) is 4.98 Å². The van der Waals surface area contributed by atoms with E-state index in [1.54, 1.807) is 39.0 Å². The molecule has 0 fully saturated rings. The molecule has 128 valence electrons. The zero-order chi connectivity index (χ0) is 17.9. The highest BCUT2D eigenvalue weighted by atomic mass is 35.5. The molecule has 5 nitrogen and oxygen atoms in total. The van der Waals surface area contributed by atoms with E-state index in [4.69, 9.17) is 32.7 Å². The third-order valence-electron chi connectivity index (χ3n) is 3.41. The topological polar surface area (TPSA) is 68.4 Å². The van der Waals surface area contributed by atoms with Crippen molar-refractivity contribution in [2.45, 2.75) is 20.8 Å². The van der Waals surface area contributed by atoms with Crippen LogP contribution in [0, 0.1) is 13.8 Å². The SMILES string of the molecule is CCOC(=O)c1c(C)[nH]c(C)c1C(=O)COc1cccc(Cl)c1Cl. The van der Waals surface area contributed by atoms with Crippen LogP contribution in [0.5, 0.6) is 5.75 Å². The minimum Gasteiger partial charge on any atom is -0.484 e. The second kappa shape index (κ2) is 7.73. The smallest absolute Gasteiger partial charge is 0.340 e. The van der Waals surface area contributed by atoms with Crippen LogP contribution in [0.1, 0.15) is 39.0 Å². The number of nitrogens with one attached hydrogen (secondary N) is 1. The third-order valence-corrected chi connectivity index (χ3v) is 4.21. The van der Waals surface area contributed by atoms with E-state index in [0.29, 0.717) is 22.2 Å². The number of ketones is 1. The van der Waals surface area contributed by atoms with Crippen molar-refractivity contribution in [2.24, 2.45) is 0 Å². The molecule has 1 aromatic carbocycles. The van der Waals surface area contributed by atoms with E-state index in [-0.39, 0.29) is 35.1 Å². The minimum absolute atomic E-state index is 0.227. The molecule has 24 heavy (non-hydrogen) atoms. The Bertz CT molecular complexity index is 783. The van der Waals surface area contributed by atoms with E-state index in [0.717, 1.165) is 0 Å². The summed E-state index contributed by atoms with van der Waals surface area (Å²) < 4.78 is 10.5. The summed E-state index contributed by atoms with van der Waals surface area (Å²) in [5.41, 5.74) is 1.67. The predicted molar refractivity (Wildman–Crippen MR) is 92.5 cm³/mol. The summed E-state index contributed by atoms with van der Waals surface area (Å²) in [6.45, 7) is 5.09. The normalized spacial score (nSPS) is 10.5. The number of carbonyl (C=O) groups excluding carboxylic acids is 2. The lowest BCUT2D eigenvalue weighted by atomic mass is 10.1. The van der Waals surface area contributed by atoms with Crippen molar-refractivity contribution in [3.8, 4) is 5.75 Å². The highest BCUT2D eigenvalue weighted by molar-refractivity contribution is 6.42. The van der Waals surface area contributed by atoms with Gasteiger partial charge in [-0.05, 0) is 32.9 Å². The van der Waals surface area contributed by atoms with Crippen LogP contribution in [-0.2, 0) is 4.74 Å². The number of H-pyrrole nitrogens is 1. The van der Waals surface area contributed by atoms with Gasteiger partial charge in [0.2, 0.25) is 5.78 Å². The van der Waals surface area contributed by atoms with Crippen LogP contribution in [0.4, 0.5) is 0 Å². The summed E-state index contributed by atoms with van der Waals surface area (Å²) in [5.74, 6) is -0.584. The van der Waals surface area contributed by atoms with Crippen LogP contribution in [0.2, 0.25) is 10.0 Å². The summed E-state index contributed by atoms with van der Waals surface area (Å²) in [6, 6.07) is 4.91. The Hall–Kier alpha value is -1.98. The molecule has 1 aromatic heterocycles. The molecular formula is C17H17Cl2NO4. The van der Waals surface area contributed by atoms with Crippen LogP contribution >= 0.6 is 23.2 Å². The standard InChI is InChI=1S/C17H17Cl2NO4/c1-4-23-17(22)15-10(3)20-9(2)14(15)12(21)8-24-13-7-5-6-11(18)16(13)19/h5-7,20H,4,8H2,1-3H3. The van der Waals surface area contributed by atoms with Crippen molar-refractivity contribution in [3.05, 3.63) is 50.8 Å². The van der Waals surface area contributed by atoms with Crippen molar-refractivity contribution < 1.29 is 19.1 Å². The Labute approximate surface area is 149 Å². The molecule has 0 aliphatic heterocycles. The van der Waals surface area contributed by atoms with Gasteiger partial charge in [0.25, 0.3) is 0 Å². The Kier molecular flexibility index (Phi) is 5.91. The fourth-order valence-electron chi connectivity index (χ4n) is 2.40. The molecule has 0 radical (unpaired) electrons. The average Bonchev–Trinajstić information content (AvgIpc) is 2.83. The quantitative estimate of drug-likeness (QED) is 0.605. The zero-order valence-corrected chi connectivity index (χ0v) is 15.0. The maximum Gasteiger partial charge on any atom is 0.340 e. The number of aromatic nitrogens is 1. The highest BCUT2D eigenvalue weighted by Gasteiger charge is 2.25. The predicted octanol–water partition coefficient (Wildman–Crippen LogP) is 4.38. The molecule has 1 N–H and O–H groups in total. The molecule has 7 heteroatoms. The van der Waals surface area contributed by atoms with Crippen LogP contribution in [-0.4, -0.2) is 30.0 Å². The molecule has 0 bridgehead atoms. The van der Waals surface area contributed by atoms with Crippen molar-refractivity contribution in [3.63, 3.8) is 0 Å². The summed E-state index contributed by atoms with van der Waals surface area (Å²) in [6.07, 6.45) is 0. The van der Waals surface area contributed by atoms with Gasteiger partial charge >= 0.3 is 5.97 Å². The van der Waals surface area contributed by atoms with Crippen LogP contribution in [0.3, 0.4) is 0 Å². The van der Waals surface area contributed by atoms with E-state index in [9.17, 15) is 9.59 Å². The number of Topliss-reactive ketones (excluding diaryl/α,β-unsaturated/α-hetero) is 1. The fourth-order valence-corrected chi connectivity index (χ4v) is 2.75. The van der Waals surface area contributed by atoms with Gasteiger partial charge in [0.1, 0.15) is 10.8 Å². The second-order valence-corrected chi connectivity index (χ2v) is 5.89. The molecular weight excluding hydrogens is 353 g/mol. The number of rotatable bonds is 6. The second-order valence-electron chi connectivity index (χ2n) is 5.11. The van der Waals surface area contributed by atoms with E-state index < -0.39 is 5.97 Å². The summed E-state index contributed by atoms with van der Waals surface area (Å²) >= 11 is 11.9. The van der Waals surface area contributed by atoms with Crippen LogP contribution in [0.25, 0.3) is 0 Å². The summed E-state index contributed by atoms with van der Waals surface area (Å²) in [5, 5.41) is 0.571. The lowest BCUT2D eigenvalue weighted by Gasteiger charge is -2.09. The average molecular weight is 370 g/mol. The maximum absolute atomic E-state index is 12.5. The Morgan fingerprint density at radius 1 is 1.12 bits per heavy atom. The number of aromatic amines is 1. The first-order chi connectivity index (χ1) is 11.4. The molecule has 0 amide bonds. The van der Waals surface area contributed by atoms with Gasteiger partial charge < -0.3 is 14.5 Å². The molecule has 0 spiro atoms. The molecule has 0 saturated heterocycles. The number of hydrogen-bond donors (Lipinski definition) is 1. The molecule has 0 unspecified atom stereocenters. The fraction of sp³-hybridized carbons (Fsp3) is 0.294. The van der Waals surface area contributed by atoms with Gasteiger partial charge in [-0.15, -0.1) is 0 Å². The minimum atomic E-state index is -0.538. The van der Waals surface area contributed by atoms with Gasteiger partial charge in [0.15, 0.2) is 6.61 Å². The lowest BCUT2D eigenvalue weighted by Crippen LogP contribution is -2.17. The number of carbonyl (C=O) groups is 2. The Morgan fingerprint density at radius 3 is 2.46 bits per heavy atom. The number of hydrogen-bond acceptors (Lipinski definition) is 4. The largest absolute Gasteiger partial charge is 0.484 e. The van der Waals surface area contributed by atoms with Crippen LogP contribution in [0.15, 0.2) is 18.2 Å². The molecule has 0 saturated carbocycles. The molecule has 2 rings (SSSR count). The zero-order valence-electron chi connectivity index (χ0n) is 13.5. The number of aryl methyl sites for hydroxylation is 2. The summed E-state index contributed by atoms with van der Waals surface area (Å²) in [4.78, 5) is 27.6. The Morgan fingerprint density at radius 2 is 1.79 bits per heavy atom. The van der Waals surface area contributed by atoms with Crippen molar-refractivity contribution in [1.29, 1.82) is 0 Å². The first-order valence-electron chi connectivity index (χ1n) is 7.33.